The zero-order valence-electron chi connectivity index (χ0n) is 8.08. The van der Waals surface area contributed by atoms with E-state index in [0.29, 0.717) is 0 Å². The van der Waals surface area contributed by atoms with Crippen LogP contribution in [0.5, 0.6) is 0 Å². The van der Waals surface area contributed by atoms with E-state index in [2.05, 4.69) is 23.0 Å². The highest BCUT2D eigenvalue weighted by Crippen LogP contribution is 2.18. The normalized spacial score (nSPS) is 18.8. The van der Waals surface area contributed by atoms with Crippen LogP contribution in [0.25, 0.3) is 5.57 Å². The van der Waals surface area contributed by atoms with Crippen molar-refractivity contribution in [3.8, 4) is 0 Å². The van der Waals surface area contributed by atoms with Gasteiger partial charge < -0.3 is 9.32 Å². The SMILES string of the molecule is Cc1nc(C2=CCCN(C)C2)co1. The summed E-state index contributed by atoms with van der Waals surface area (Å²) in [6.07, 6.45) is 5.09. The van der Waals surface area contributed by atoms with E-state index in [9.17, 15) is 0 Å². The topological polar surface area (TPSA) is 29.3 Å². The summed E-state index contributed by atoms with van der Waals surface area (Å²) < 4.78 is 5.18. The maximum absolute atomic E-state index is 5.18. The predicted molar refractivity (Wildman–Crippen MR) is 51.3 cm³/mol. The minimum Gasteiger partial charge on any atom is -0.449 e. The van der Waals surface area contributed by atoms with Gasteiger partial charge in [-0.2, -0.15) is 0 Å². The number of nitrogens with zero attached hydrogens (tertiary/aromatic N) is 2. The maximum Gasteiger partial charge on any atom is 0.191 e. The number of hydrogen-bond donors (Lipinski definition) is 0. The molecule has 0 amide bonds. The molecule has 0 N–H and O–H groups in total. The van der Waals surface area contributed by atoms with Crippen molar-refractivity contribution in [2.75, 3.05) is 20.1 Å². The highest BCUT2D eigenvalue weighted by Gasteiger charge is 2.12. The number of likely N-dealkylation sites (N-methyl/N-ethyl adjacent to an activating group) is 1. The Morgan fingerprint density at radius 1 is 1.54 bits per heavy atom. The van der Waals surface area contributed by atoms with Gasteiger partial charge in [-0.05, 0) is 19.0 Å². The van der Waals surface area contributed by atoms with Crippen LogP contribution in [0.2, 0.25) is 0 Å². The minimum absolute atomic E-state index is 0.740. The van der Waals surface area contributed by atoms with Crippen LogP contribution in [-0.2, 0) is 0 Å². The molecule has 13 heavy (non-hydrogen) atoms. The standard InChI is InChI=1S/C10H14N2O/c1-8-11-10(7-13-8)9-4-3-5-12(2)6-9/h4,7H,3,5-6H2,1-2H3. The summed E-state index contributed by atoms with van der Waals surface area (Å²) in [6, 6.07) is 0. The molecule has 0 saturated heterocycles. The molecule has 3 heteroatoms. The second kappa shape index (κ2) is 3.34. The van der Waals surface area contributed by atoms with Crippen molar-refractivity contribution in [2.24, 2.45) is 0 Å². The number of rotatable bonds is 1. The van der Waals surface area contributed by atoms with Gasteiger partial charge in [0.15, 0.2) is 5.89 Å². The van der Waals surface area contributed by atoms with E-state index in [1.807, 2.05) is 6.92 Å². The van der Waals surface area contributed by atoms with Gasteiger partial charge in [0.25, 0.3) is 0 Å². The summed E-state index contributed by atoms with van der Waals surface area (Å²) in [4.78, 5) is 6.60. The van der Waals surface area contributed by atoms with E-state index in [0.717, 1.165) is 31.1 Å². The molecular formula is C10H14N2O. The van der Waals surface area contributed by atoms with Crippen molar-refractivity contribution in [2.45, 2.75) is 13.3 Å². The number of hydrogen-bond acceptors (Lipinski definition) is 3. The molecule has 0 unspecified atom stereocenters. The Balaban J connectivity index is 2.21. The predicted octanol–water partition coefficient (Wildman–Crippen LogP) is 1.70. The number of aromatic nitrogens is 1. The molecule has 2 heterocycles. The maximum atomic E-state index is 5.18. The van der Waals surface area contributed by atoms with E-state index in [1.54, 1.807) is 6.26 Å². The van der Waals surface area contributed by atoms with Gasteiger partial charge in [-0.25, -0.2) is 4.98 Å². The number of aryl methyl sites for hydroxylation is 1. The van der Waals surface area contributed by atoms with Gasteiger partial charge in [-0.3, -0.25) is 0 Å². The van der Waals surface area contributed by atoms with Crippen molar-refractivity contribution in [3.63, 3.8) is 0 Å². The molecule has 0 fully saturated rings. The van der Waals surface area contributed by atoms with Gasteiger partial charge in [0.05, 0.1) is 0 Å². The molecule has 3 nitrogen and oxygen atoms in total. The lowest BCUT2D eigenvalue weighted by molar-refractivity contribution is 0.372. The summed E-state index contributed by atoms with van der Waals surface area (Å²) in [5.41, 5.74) is 2.27. The van der Waals surface area contributed by atoms with Crippen molar-refractivity contribution in [3.05, 3.63) is 23.9 Å². The van der Waals surface area contributed by atoms with Crippen molar-refractivity contribution in [1.82, 2.24) is 9.88 Å². The molecule has 2 rings (SSSR count). The lowest BCUT2D eigenvalue weighted by Gasteiger charge is -2.21. The van der Waals surface area contributed by atoms with Gasteiger partial charge in [0, 0.05) is 20.0 Å². The Morgan fingerprint density at radius 3 is 3.00 bits per heavy atom. The molecule has 70 valence electrons. The first kappa shape index (κ1) is 8.51. The van der Waals surface area contributed by atoms with Crippen LogP contribution in [0, 0.1) is 6.92 Å². The van der Waals surface area contributed by atoms with Crippen LogP contribution < -0.4 is 0 Å². The molecule has 0 radical (unpaired) electrons. The van der Waals surface area contributed by atoms with Crippen molar-refractivity contribution in [1.29, 1.82) is 0 Å². The van der Waals surface area contributed by atoms with Gasteiger partial charge in [0.1, 0.15) is 12.0 Å². The first-order valence-electron chi connectivity index (χ1n) is 4.56. The lowest BCUT2D eigenvalue weighted by Crippen LogP contribution is -2.24. The third kappa shape index (κ3) is 1.80. The van der Waals surface area contributed by atoms with Crippen LogP contribution in [0.3, 0.4) is 0 Å². The third-order valence-corrected chi connectivity index (χ3v) is 2.29. The Labute approximate surface area is 78.1 Å². The second-order valence-electron chi connectivity index (χ2n) is 3.51. The first-order valence-corrected chi connectivity index (χ1v) is 4.56. The Hall–Kier alpha value is -1.09. The van der Waals surface area contributed by atoms with Crippen molar-refractivity contribution >= 4 is 5.57 Å². The van der Waals surface area contributed by atoms with Gasteiger partial charge in [-0.15, -0.1) is 0 Å². The van der Waals surface area contributed by atoms with Crippen LogP contribution in [-0.4, -0.2) is 30.0 Å². The molecule has 0 bridgehead atoms. The third-order valence-electron chi connectivity index (χ3n) is 2.29. The molecule has 0 atom stereocenters. The average molecular weight is 178 g/mol. The zero-order valence-corrected chi connectivity index (χ0v) is 8.08. The van der Waals surface area contributed by atoms with Gasteiger partial charge >= 0.3 is 0 Å². The van der Waals surface area contributed by atoms with Crippen LogP contribution in [0.4, 0.5) is 0 Å². The summed E-state index contributed by atoms with van der Waals surface area (Å²) in [5, 5.41) is 0. The Bertz CT molecular complexity index is 327. The van der Waals surface area contributed by atoms with E-state index >= 15 is 0 Å². The van der Waals surface area contributed by atoms with Crippen LogP contribution >= 0.6 is 0 Å². The average Bonchev–Trinajstić information content (AvgIpc) is 2.52. The number of oxazole rings is 1. The summed E-state index contributed by atoms with van der Waals surface area (Å²) in [7, 11) is 2.12. The fourth-order valence-corrected chi connectivity index (χ4v) is 1.59. The highest BCUT2D eigenvalue weighted by atomic mass is 16.3. The van der Waals surface area contributed by atoms with Gasteiger partial charge in [0.2, 0.25) is 0 Å². The molecule has 0 aliphatic carbocycles. The molecule has 1 aromatic heterocycles. The largest absolute Gasteiger partial charge is 0.449 e. The Kier molecular flexibility index (Phi) is 2.19. The van der Waals surface area contributed by atoms with Crippen molar-refractivity contribution < 1.29 is 4.42 Å². The second-order valence-corrected chi connectivity index (χ2v) is 3.51. The minimum atomic E-state index is 0.740. The fourth-order valence-electron chi connectivity index (χ4n) is 1.59. The van der Waals surface area contributed by atoms with Gasteiger partial charge in [-0.1, -0.05) is 6.08 Å². The molecule has 0 saturated carbocycles. The van der Waals surface area contributed by atoms with E-state index in [4.69, 9.17) is 4.42 Å². The quantitative estimate of drug-likeness (QED) is 0.655. The Morgan fingerprint density at radius 2 is 2.38 bits per heavy atom. The monoisotopic (exact) mass is 178 g/mol. The molecule has 0 spiro atoms. The van der Waals surface area contributed by atoms with Crippen LogP contribution in [0.15, 0.2) is 16.8 Å². The van der Waals surface area contributed by atoms with E-state index < -0.39 is 0 Å². The van der Waals surface area contributed by atoms with E-state index in [-0.39, 0.29) is 0 Å². The molecule has 1 aliphatic heterocycles. The highest BCUT2D eigenvalue weighted by molar-refractivity contribution is 5.63. The summed E-state index contributed by atoms with van der Waals surface area (Å²) in [5.74, 6) is 0.740. The molecular weight excluding hydrogens is 164 g/mol. The lowest BCUT2D eigenvalue weighted by atomic mass is 10.1. The van der Waals surface area contributed by atoms with Crippen LogP contribution in [0.1, 0.15) is 18.0 Å². The summed E-state index contributed by atoms with van der Waals surface area (Å²) >= 11 is 0. The molecule has 0 aromatic carbocycles. The zero-order chi connectivity index (χ0) is 9.26. The summed E-state index contributed by atoms with van der Waals surface area (Å²) in [6.45, 7) is 3.99. The smallest absolute Gasteiger partial charge is 0.191 e. The first-order chi connectivity index (χ1) is 6.25. The fraction of sp³-hybridized carbons (Fsp3) is 0.500. The van der Waals surface area contributed by atoms with E-state index in [1.165, 1.54) is 5.57 Å². The molecule has 1 aromatic rings. The molecule has 1 aliphatic rings.